The molecule has 1 saturated heterocycles. The zero-order valence-electron chi connectivity index (χ0n) is 13.5. The van der Waals surface area contributed by atoms with Crippen LogP contribution < -0.4 is 21.7 Å². The largest absolute Gasteiger partial charge is 0.481 e. The lowest BCUT2D eigenvalue weighted by molar-refractivity contribution is -0.144. The van der Waals surface area contributed by atoms with Gasteiger partial charge in [0.1, 0.15) is 12.1 Å². The van der Waals surface area contributed by atoms with E-state index in [0.717, 1.165) is 6.42 Å². The molecule has 0 bridgehead atoms. The van der Waals surface area contributed by atoms with E-state index < -0.39 is 60.6 Å². The van der Waals surface area contributed by atoms with Crippen molar-refractivity contribution in [3.8, 4) is 0 Å². The zero-order chi connectivity index (χ0) is 19.0. The number of carbonyl (C=O) groups excluding carboxylic acids is 3. The Morgan fingerprint density at radius 1 is 1.12 bits per heavy atom. The molecule has 1 aliphatic rings. The number of amides is 3. The van der Waals surface area contributed by atoms with Crippen molar-refractivity contribution in [3.05, 3.63) is 0 Å². The Bertz CT molecular complexity index is 545. The summed E-state index contributed by atoms with van der Waals surface area (Å²) in [4.78, 5) is 57.1. The summed E-state index contributed by atoms with van der Waals surface area (Å²) in [5.41, 5.74) is 4.94. The Hall–Kier alpha value is -2.69. The summed E-state index contributed by atoms with van der Waals surface area (Å²) < 4.78 is 0. The smallest absolute Gasteiger partial charge is 0.326 e. The van der Waals surface area contributed by atoms with Crippen LogP contribution in [0, 0.1) is 0 Å². The highest BCUT2D eigenvalue weighted by molar-refractivity contribution is 5.93. The standard InChI is InChI=1S/C14H22N4O7/c15-10(19)6-9(14(24)25)18-13(23)8(3-4-11(20)21)17-12(22)7-2-1-5-16-7/h7-9,16H,1-6H2,(H2,15,19)(H,17,22)(H,18,23)(H,20,21)(H,24,25). The molecule has 1 heterocycles. The van der Waals surface area contributed by atoms with Crippen LogP contribution in [0.15, 0.2) is 0 Å². The summed E-state index contributed by atoms with van der Waals surface area (Å²) in [5, 5.41) is 25.2. The van der Waals surface area contributed by atoms with Gasteiger partial charge in [-0.1, -0.05) is 0 Å². The van der Waals surface area contributed by atoms with Gasteiger partial charge in [-0.15, -0.1) is 0 Å². The van der Waals surface area contributed by atoms with E-state index in [2.05, 4.69) is 16.0 Å². The molecule has 3 amide bonds. The number of nitrogens with one attached hydrogen (secondary N) is 3. The normalized spacial score (nSPS) is 18.8. The monoisotopic (exact) mass is 358 g/mol. The highest BCUT2D eigenvalue weighted by Gasteiger charge is 2.30. The highest BCUT2D eigenvalue weighted by Crippen LogP contribution is 2.07. The maximum atomic E-state index is 12.2. The number of carboxylic acids is 2. The number of primary amides is 1. The van der Waals surface area contributed by atoms with Crippen molar-refractivity contribution in [1.29, 1.82) is 0 Å². The van der Waals surface area contributed by atoms with E-state index in [1.54, 1.807) is 0 Å². The number of aliphatic carboxylic acids is 2. The Labute approximate surface area is 143 Å². The van der Waals surface area contributed by atoms with Gasteiger partial charge in [0.15, 0.2) is 0 Å². The number of carboxylic acid groups (broad SMARTS) is 2. The van der Waals surface area contributed by atoms with Crippen LogP contribution in [-0.4, -0.2) is 64.5 Å². The first-order valence-corrected chi connectivity index (χ1v) is 7.77. The molecule has 1 aliphatic heterocycles. The molecular formula is C14H22N4O7. The predicted molar refractivity (Wildman–Crippen MR) is 83.2 cm³/mol. The summed E-state index contributed by atoms with van der Waals surface area (Å²) >= 11 is 0. The Morgan fingerprint density at radius 2 is 1.80 bits per heavy atom. The van der Waals surface area contributed by atoms with Gasteiger partial charge >= 0.3 is 11.9 Å². The molecule has 7 N–H and O–H groups in total. The molecule has 3 atom stereocenters. The minimum Gasteiger partial charge on any atom is -0.481 e. The summed E-state index contributed by atoms with van der Waals surface area (Å²) in [7, 11) is 0. The predicted octanol–water partition coefficient (Wildman–Crippen LogP) is -2.47. The molecule has 0 spiro atoms. The van der Waals surface area contributed by atoms with Crippen LogP contribution in [0.1, 0.15) is 32.1 Å². The van der Waals surface area contributed by atoms with Crippen LogP contribution >= 0.6 is 0 Å². The van der Waals surface area contributed by atoms with Gasteiger partial charge in [0.2, 0.25) is 17.7 Å². The molecule has 11 nitrogen and oxygen atoms in total. The lowest BCUT2D eigenvalue weighted by Crippen LogP contribution is -2.54. The van der Waals surface area contributed by atoms with E-state index in [4.69, 9.17) is 15.9 Å². The van der Waals surface area contributed by atoms with Crippen LogP contribution in [0.25, 0.3) is 0 Å². The number of rotatable bonds is 10. The highest BCUT2D eigenvalue weighted by atomic mass is 16.4. The molecule has 0 radical (unpaired) electrons. The van der Waals surface area contributed by atoms with Crippen molar-refractivity contribution in [2.75, 3.05) is 6.54 Å². The van der Waals surface area contributed by atoms with Gasteiger partial charge in [0, 0.05) is 6.42 Å². The lowest BCUT2D eigenvalue weighted by Gasteiger charge is -2.22. The van der Waals surface area contributed by atoms with Crippen molar-refractivity contribution in [3.63, 3.8) is 0 Å². The third-order valence-corrected chi connectivity index (χ3v) is 3.68. The number of hydrogen-bond acceptors (Lipinski definition) is 6. The summed E-state index contributed by atoms with van der Waals surface area (Å²) in [6.45, 7) is 0.657. The molecule has 1 fully saturated rings. The maximum Gasteiger partial charge on any atom is 0.326 e. The Kier molecular flexibility index (Phi) is 7.79. The van der Waals surface area contributed by atoms with Gasteiger partial charge in [0.25, 0.3) is 0 Å². The van der Waals surface area contributed by atoms with E-state index >= 15 is 0 Å². The van der Waals surface area contributed by atoms with Crippen LogP contribution in [0.3, 0.4) is 0 Å². The molecule has 1 rings (SSSR count). The van der Waals surface area contributed by atoms with Crippen LogP contribution in [0.4, 0.5) is 0 Å². The second-order valence-corrected chi connectivity index (χ2v) is 5.71. The number of nitrogens with two attached hydrogens (primary N) is 1. The molecule has 0 aromatic carbocycles. The minimum atomic E-state index is -1.56. The van der Waals surface area contributed by atoms with Crippen molar-refractivity contribution < 1.29 is 34.2 Å². The molecule has 0 aromatic rings. The molecule has 25 heavy (non-hydrogen) atoms. The molecule has 11 heteroatoms. The zero-order valence-corrected chi connectivity index (χ0v) is 13.5. The fraction of sp³-hybridized carbons (Fsp3) is 0.643. The first kappa shape index (κ1) is 20.4. The van der Waals surface area contributed by atoms with Gasteiger partial charge in [-0.25, -0.2) is 4.79 Å². The van der Waals surface area contributed by atoms with Crippen molar-refractivity contribution >= 4 is 29.7 Å². The third kappa shape index (κ3) is 7.16. The first-order valence-electron chi connectivity index (χ1n) is 7.77. The van der Waals surface area contributed by atoms with E-state index in [0.29, 0.717) is 13.0 Å². The van der Waals surface area contributed by atoms with Crippen molar-refractivity contribution in [1.82, 2.24) is 16.0 Å². The number of hydrogen-bond donors (Lipinski definition) is 6. The topological polar surface area (TPSA) is 188 Å². The lowest BCUT2D eigenvalue weighted by atomic mass is 10.1. The summed E-state index contributed by atoms with van der Waals surface area (Å²) in [5.74, 6) is -4.91. The second-order valence-electron chi connectivity index (χ2n) is 5.71. The quantitative estimate of drug-likeness (QED) is 0.248. The average molecular weight is 358 g/mol. The molecule has 0 aromatic heterocycles. The van der Waals surface area contributed by atoms with Gasteiger partial charge in [-0.2, -0.15) is 0 Å². The molecule has 3 unspecified atom stereocenters. The number of carbonyl (C=O) groups is 5. The van der Waals surface area contributed by atoms with Crippen LogP contribution in [0.5, 0.6) is 0 Å². The van der Waals surface area contributed by atoms with Gasteiger partial charge in [-0.3, -0.25) is 19.2 Å². The third-order valence-electron chi connectivity index (χ3n) is 3.68. The van der Waals surface area contributed by atoms with Crippen molar-refractivity contribution in [2.45, 2.75) is 50.2 Å². The maximum absolute atomic E-state index is 12.2. The SMILES string of the molecule is NC(=O)CC(NC(=O)C(CCC(=O)O)NC(=O)C1CCCN1)C(=O)O. The van der Waals surface area contributed by atoms with Crippen LogP contribution in [0.2, 0.25) is 0 Å². The van der Waals surface area contributed by atoms with E-state index in [1.807, 2.05) is 0 Å². The minimum absolute atomic E-state index is 0.220. The average Bonchev–Trinajstić information content (AvgIpc) is 3.04. The van der Waals surface area contributed by atoms with E-state index in [-0.39, 0.29) is 6.42 Å². The van der Waals surface area contributed by atoms with Gasteiger partial charge in [0.05, 0.1) is 12.5 Å². The molecule has 140 valence electrons. The summed E-state index contributed by atoms with van der Waals surface area (Å²) in [6.07, 6.45) is 0.139. The van der Waals surface area contributed by atoms with Crippen LogP contribution in [-0.2, 0) is 24.0 Å². The van der Waals surface area contributed by atoms with Gasteiger partial charge in [-0.05, 0) is 25.8 Å². The molecule has 0 aliphatic carbocycles. The summed E-state index contributed by atoms with van der Waals surface area (Å²) in [6, 6.07) is -3.28. The van der Waals surface area contributed by atoms with Gasteiger partial charge < -0.3 is 31.9 Å². The molecule has 0 saturated carbocycles. The fourth-order valence-electron chi connectivity index (χ4n) is 2.39. The Morgan fingerprint density at radius 3 is 2.28 bits per heavy atom. The first-order chi connectivity index (χ1) is 11.7. The fourth-order valence-corrected chi connectivity index (χ4v) is 2.39. The Balaban J connectivity index is 2.75. The van der Waals surface area contributed by atoms with E-state index in [9.17, 15) is 24.0 Å². The van der Waals surface area contributed by atoms with Crippen molar-refractivity contribution in [2.24, 2.45) is 5.73 Å². The van der Waals surface area contributed by atoms with E-state index in [1.165, 1.54) is 0 Å². The molecular weight excluding hydrogens is 336 g/mol. The second kappa shape index (κ2) is 9.57.